The summed E-state index contributed by atoms with van der Waals surface area (Å²) in [5.74, 6) is 0. The molecule has 3 rings (SSSR count). The highest BCUT2D eigenvalue weighted by Gasteiger charge is 2.13. The van der Waals surface area contributed by atoms with Gasteiger partial charge in [0, 0.05) is 38.3 Å². The van der Waals surface area contributed by atoms with Gasteiger partial charge in [0.05, 0.1) is 5.52 Å². The van der Waals surface area contributed by atoms with Gasteiger partial charge < -0.3 is 10.3 Å². The number of halogens is 1. The Bertz CT molecular complexity index is 678. The summed E-state index contributed by atoms with van der Waals surface area (Å²) in [7, 11) is 1.47. The number of hydrogen-bond acceptors (Lipinski definition) is 5. The Kier molecular flexibility index (Phi) is 2.71. The van der Waals surface area contributed by atoms with Gasteiger partial charge in [0.2, 0.25) is 5.09 Å². The van der Waals surface area contributed by atoms with E-state index in [9.17, 15) is 0 Å². The second kappa shape index (κ2) is 4.22. The maximum absolute atomic E-state index is 5.77. The van der Waals surface area contributed by atoms with Gasteiger partial charge in [-0.25, -0.2) is 0 Å². The van der Waals surface area contributed by atoms with Crippen LogP contribution in [0.15, 0.2) is 33.9 Å². The second-order valence-corrected chi connectivity index (χ2v) is 5.36. The van der Waals surface area contributed by atoms with Gasteiger partial charge in [-0.1, -0.05) is 5.16 Å². The lowest BCUT2D eigenvalue weighted by Gasteiger charge is -1.93. The number of anilines is 1. The number of nitrogens with one attached hydrogen (secondary N) is 1. The Labute approximate surface area is 113 Å². The normalized spacial score (nSPS) is 11.1. The van der Waals surface area contributed by atoms with Crippen molar-refractivity contribution in [3.63, 3.8) is 0 Å². The van der Waals surface area contributed by atoms with E-state index in [0.717, 1.165) is 21.7 Å². The van der Waals surface area contributed by atoms with Crippen molar-refractivity contribution in [2.45, 2.75) is 5.09 Å². The standard InChI is InChI=1S/C10H7IN4OS/c11-17-9-4-8(15-16-9)10-6-3-5(12)1-2-7(6)13-14-10/h1-4H,12H2,(H,13,14). The first kappa shape index (κ1) is 10.9. The third-order valence-electron chi connectivity index (χ3n) is 2.39. The van der Waals surface area contributed by atoms with Crippen LogP contribution >= 0.6 is 30.1 Å². The van der Waals surface area contributed by atoms with E-state index < -0.39 is 0 Å². The number of hydrogen-bond donors (Lipinski definition) is 2. The zero-order chi connectivity index (χ0) is 11.8. The fourth-order valence-corrected chi connectivity index (χ4v) is 2.48. The Balaban J connectivity index is 2.19. The molecule has 0 atom stereocenters. The number of nitrogens with two attached hydrogens (primary N) is 1. The maximum atomic E-state index is 5.77. The molecular formula is C10H7IN4OS. The van der Waals surface area contributed by atoms with E-state index in [0.29, 0.717) is 11.4 Å². The van der Waals surface area contributed by atoms with Gasteiger partial charge >= 0.3 is 0 Å². The molecule has 5 nitrogen and oxygen atoms in total. The predicted molar refractivity (Wildman–Crippen MR) is 75.9 cm³/mol. The third-order valence-corrected chi connectivity index (χ3v) is 4.04. The van der Waals surface area contributed by atoms with E-state index in [1.54, 1.807) is 0 Å². The number of benzene rings is 1. The fourth-order valence-electron chi connectivity index (χ4n) is 1.63. The van der Waals surface area contributed by atoms with E-state index in [1.807, 2.05) is 24.3 Å². The second-order valence-electron chi connectivity index (χ2n) is 3.49. The topological polar surface area (TPSA) is 80.7 Å². The molecule has 2 heterocycles. The van der Waals surface area contributed by atoms with E-state index in [2.05, 4.69) is 36.6 Å². The zero-order valence-corrected chi connectivity index (χ0v) is 11.4. The lowest BCUT2D eigenvalue weighted by atomic mass is 10.1. The average molecular weight is 358 g/mol. The number of rotatable bonds is 2. The first-order valence-electron chi connectivity index (χ1n) is 4.77. The average Bonchev–Trinajstić information content (AvgIpc) is 2.93. The molecule has 17 heavy (non-hydrogen) atoms. The molecule has 0 spiro atoms. The van der Waals surface area contributed by atoms with Crippen molar-refractivity contribution in [1.82, 2.24) is 15.4 Å². The van der Waals surface area contributed by atoms with Crippen LogP contribution in [0.5, 0.6) is 0 Å². The van der Waals surface area contributed by atoms with Gasteiger partial charge in [-0.2, -0.15) is 5.10 Å². The SMILES string of the molecule is Nc1ccc2[nH]nc(-c3cc(SI)on3)c2c1. The summed E-state index contributed by atoms with van der Waals surface area (Å²) in [6.07, 6.45) is 0. The summed E-state index contributed by atoms with van der Waals surface area (Å²) in [6.45, 7) is 0. The molecule has 0 fully saturated rings. The first-order chi connectivity index (χ1) is 8.28. The van der Waals surface area contributed by atoms with Gasteiger partial charge in [0.1, 0.15) is 11.4 Å². The number of aromatic nitrogens is 3. The molecule has 0 saturated heterocycles. The molecule has 0 saturated carbocycles. The van der Waals surface area contributed by atoms with Crippen molar-refractivity contribution in [2.24, 2.45) is 0 Å². The number of nitrogens with zero attached hydrogens (tertiary/aromatic N) is 2. The highest BCUT2D eigenvalue weighted by molar-refractivity contribution is 14.2. The fraction of sp³-hybridized carbons (Fsp3) is 0. The molecule has 3 N–H and O–H groups in total. The van der Waals surface area contributed by atoms with Crippen molar-refractivity contribution >= 4 is 46.7 Å². The molecular weight excluding hydrogens is 351 g/mol. The summed E-state index contributed by atoms with van der Waals surface area (Å²) in [6, 6.07) is 7.46. The van der Waals surface area contributed by atoms with Gasteiger partial charge in [-0.05, 0) is 27.1 Å². The smallest absolute Gasteiger partial charge is 0.203 e. The molecule has 0 aliphatic carbocycles. The monoisotopic (exact) mass is 358 g/mol. The molecule has 7 heteroatoms. The first-order valence-corrected chi connectivity index (χ1v) is 8.13. The van der Waals surface area contributed by atoms with Gasteiger partial charge in [0.25, 0.3) is 0 Å². The Morgan fingerprint density at radius 1 is 1.35 bits per heavy atom. The van der Waals surface area contributed by atoms with Crippen LogP contribution in [0.25, 0.3) is 22.3 Å². The Morgan fingerprint density at radius 2 is 2.24 bits per heavy atom. The minimum absolute atomic E-state index is 0.701. The summed E-state index contributed by atoms with van der Waals surface area (Å²) < 4.78 is 5.14. The van der Waals surface area contributed by atoms with Crippen LogP contribution in [0, 0.1) is 0 Å². The van der Waals surface area contributed by atoms with Crippen molar-refractivity contribution in [3.05, 3.63) is 24.3 Å². The number of aromatic amines is 1. The van der Waals surface area contributed by atoms with E-state index in [1.165, 1.54) is 8.93 Å². The van der Waals surface area contributed by atoms with Gasteiger partial charge in [0.15, 0.2) is 0 Å². The van der Waals surface area contributed by atoms with Crippen LogP contribution in [0.1, 0.15) is 0 Å². The molecule has 0 amide bonds. The summed E-state index contributed by atoms with van der Waals surface area (Å²) in [5.41, 5.74) is 8.87. The van der Waals surface area contributed by atoms with E-state index >= 15 is 0 Å². The molecule has 86 valence electrons. The minimum Gasteiger partial charge on any atom is -0.399 e. The van der Waals surface area contributed by atoms with Crippen LogP contribution in [-0.2, 0) is 0 Å². The molecule has 0 unspecified atom stereocenters. The highest BCUT2D eigenvalue weighted by Crippen LogP contribution is 2.31. The number of H-pyrrole nitrogens is 1. The molecule has 0 aliphatic rings. The summed E-state index contributed by atoms with van der Waals surface area (Å²) in [4.78, 5) is 0. The van der Waals surface area contributed by atoms with E-state index in [-0.39, 0.29) is 0 Å². The molecule has 1 aromatic carbocycles. The third kappa shape index (κ3) is 1.89. The van der Waals surface area contributed by atoms with Crippen molar-refractivity contribution in [2.75, 3.05) is 5.73 Å². The Morgan fingerprint density at radius 3 is 3.00 bits per heavy atom. The maximum Gasteiger partial charge on any atom is 0.203 e. The van der Waals surface area contributed by atoms with Gasteiger partial charge in [-0.15, -0.1) is 0 Å². The van der Waals surface area contributed by atoms with Crippen LogP contribution in [-0.4, -0.2) is 15.4 Å². The molecule has 2 aromatic heterocycles. The largest absolute Gasteiger partial charge is 0.399 e. The Hall–Kier alpha value is -1.22. The quantitative estimate of drug-likeness (QED) is 0.543. The van der Waals surface area contributed by atoms with Crippen molar-refractivity contribution in [3.8, 4) is 11.4 Å². The lowest BCUT2D eigenvalue weighted by Crippen LogP contribution is -1.83. The minimum atomic E-state index is 0.701. The highest BCUT2D eigenvalue weighted by atomic mass is 127. The number of nitrogen functional groups attached to an aromatic ring is 1. The van der Waals surface area contributed by atoms with Crippen molar-refractivity contribution < 1.29 is 4.52 Å². The summed E-state index contributed by atoms with van der Waals surface area (Å²) in [5, 5.41) is 12.9. The predicted octanol–water partition coefficient (Wildman–Crippen LogP) is 3.24. The summed E-state index contributed by atoms with van der Waals surface area (Å²) >= 11 is 2.14. The molecule has 0 aliphatic heterocycles. The van der Waals surface area contributed by atoms with Crippen LogP contribution in [0.4, 0.5) is 5.69 Å². The molecule has 3 aromatic rings. The zero-order valence-electron chi connectivity index (χ0n) is 8.48. The van der Waals surface area contributed by atoms with Gasteiger partial charge in [-0.3, -0.25) is 5.10 Å². The number of fused-ring (bicyclic) bond motifs is 1. The van der Waals surface area contributed by atoms with Crippen LogP contribution < -0.4 is 5.73 Å². The van der Waals surface area contributed by atoms with Crippen molar-refractivity contribution in [1.29, 1.82) is 0 Å². The van der Waals surface area contributed by atoms with Crippen LogP contribution in [0.2, 0.25) is 0 Å². The van der Waals surface area contributed by atoms with E-state index in [4.69, 9.17) is 10.3 Å². The lowest BCUT2D eigenvalue weighted by molar-refractivity contribution is 0.352. The van der Waals surface area contributed by atoms with Crippen LogP contribution in [0.3, 0.4) is 0 Å². The molecule has 0 radical (unpaired) electrons. The molecule has 0 bridgehead atoms.